The molecule has 1 saturated carbocycles. The van der Waals surface area contributed by atoms with Gasteiger partial charge < -0.3 is 20.1 Å². The fourth-order valence-corrected chi connectivity index (χ4v) is 3.34. The van der Waals surface area contributed by atoms with Crippen LogP contribution in [0.4, 0.5) is 10.5 Å². The Kier molecular flexibility index (Phi) is 5.74. The lowest BCUT2D eigenvalue weighted by Gasteiger charge is -2.38. The number of nitrogens with one attached hydrogen (secondary N) is 1. The first kappa shape index (κ1) is 17.2. The average molecular weight is 332 g/mol. The molecule has 0 aromatic heterocycles. The third-order valence-corrected chi connectivity index (χ3v) is 5.06. The number of carbonyl (C=O) groups is 1. The Hall–Kier alpha value is -1.59. The molecule has 2 amide bonds. The maximum Gasteiger partial charge on any atom is 0.322 e. The van der Waals surface area contributed by atoms with Gasteiger partial charge in [0, 0.05) is 18.8 Å². The van der Waals surface area contributed by atoms with Crippen molar-refractivity contribution in [3.63, 3.8) is 0 Å². The third kappa shape index (κ3) is 4.48. The van der Waals surface area contributed by atoms with Gasteiger partial charge >= 0.3 is 6.03 Å². The predicted octanol–water partition coefficient (Wildman–Crippen LogP) is 3.24. The van der Waals surface area contributed by atoms with Crippen LogP contribution >= 0.6 is 0 Å². The van der Waals surface area contributed by atoms with E-state index < -0.39 is 0 Å². The molecule has 5 nitrogen and oxygen atoms in total. The molecule has 1 heterocycles. The van der Waals surface area contributed by atoms with Crippen LogP contribution in [-0.4, -0.2) is 41.8 Å². The Balaban J connectivity index is 1.56. The number of benzene rings is 1. The number of urea groups is 1. The smallest absolute Gasteiger partial charge is 0.322 e. The van der Waals surface area contributed by atoms with Crippen LogP contribution in [0, 0.1) is 11.8 Å². The van der Waals surface area contributed by atoms with Gasteiger partial charge in [-0.2, -0.15) is 0 Å². The first-order valence-corrected chi connectivity index (χ1v) is 9.02. The predicted molar refractivity (Wildman–Crippen MR) is 93.8 cm³/mol. The molecular formula is C19H28N2O3. The number of rotatable bonds is 6. The van der Waals surface area contributed by atoms with Crippen molar-refractivity contribution in [3.05, 3.63) is 29.8 Å². The Morgan fingerprint density at radius 2 is 2.21 bits per heavy atom. The molecule has 1 aromatic rings. The SMILES string of the molecule is CC1CCCN(C(=O)Nc2cccc(COCC3CC3)c2)C1CO. The minimum atomic E-state index is -0.128. The molecule has 1 aliphatic heterocycles. The van der Waals surface area contributed by atoms with Crippen molar-refractivity contribution < 1.29 is 14.6 Å². The summed E-state index contributed by atoms with van der Waals surface area (Å²) >= 11 is 0. The van der Waals surface area contributed by atoms with Crippen LogP contribution in [0.15, 0.2) is 24.3 Å². The van der Waals surface area contributed by atoms with E-state index in [2.05, 4.69) is 12.2 Å². The number of carbonyl (C=O) groups excluding carboxylic acids is 1. The number of aliphatic hydroxyl groups excluding tert-OH is 1. The zero-order valence-corrected chi connectivity index (χ0v) is 14.4. The molecule has 132 valence electrons. The molecule has 3 rings (SSSR count). The van der Waals surface area contributed by atoms with E-state index in [9.17, 15) is 9.90 Å². The number of anilines is 1. The highest BCUT2D eigenvalue weighted by Crippen LogP contribution is 2.29. The molecular weight excluding hydrogens is 304 g/mol. The van der Waals surface area contributed by atoms with Crippen molar-refractivity contribution in [2.24, 2.45) is 11.8 Å². The van der Waals surface area contributed by atoms with Crippen LogP contribution in [0.2, 0.25) is 0 Å². The van der Waals surface area contributed by atoms with Crippen molar-refractivity contribution in [2.45, 2.75) is 45.3 Å². The summed E-state index contributed by atoms with van der Waals surface area (Å²) in [6.45, 7) is 4.23. The molecule has 24 heavy (non-hydrogen) atoms. The monoisotopic (exact) mass is 332 g/mol. The van der Waals surface area contributed by atoms with E-state index in [0.717, 1.165) is 36.6 Å². The summed E-state index contributed by atoms with van der Waals surface area (Å²) in [6.07, 6.45) is 4.62. The van der Waals surface area contributed by atoms with Crippen molar-refractivity contribution in [3.8, 4) is 0 Å². The highest BCUT2D eigenvalue weighted by atomic mass is 16.5. The lowest BCUT2D eigenvalue weighted by atomic mass is 9.91. The van der Waals surface area contributed by atoms with Gasteiger partial charge in [0.05, 0.1) is 19.3 Å². The second-order valence-corrected chi connectivity index (χ2v) is 7.15. The van der Waals surface area contributed by atoms with Gasteiger partial charge in [0.2, 0.25) is 0 Å². The average Bonchev–Trinajstić information content (AvgIpc) is 3.39. The van der Waals surface area contributed by atoms with Crippen molar-refractivity contribution >= 4 is 11.7 Å². The van der Waals surface area contributed by atoms with Gasteiger partial charge in [0.25, 0.3) is 0 Å². The van der Waals surface area contributed by atoms with Gasteiger partial charge in [-0.3, -0.25) is 0 Å². The van der Waals surface area contributed by atoms with Crippen molar-refractivity contribution in [2.75, 3.05) is 25.1 Å². The molecule has 5 heteroatoms. The summed E-state index contributed by atoms with van der Waals surface area (Å²) < 4.78 is 5.71. The van der Waals surface area contributed by atoms with E-state index in [1.165, 1.54) is 12.8 Å². The van der Waals surface area contributed by atoms with E-state index in [-0.39, 0.29) is 18.7 Å². The van der Waals surface area contributed by atoms with Gasteiger partial charge in [-0.25, -0.2) is 4.79 Å². The number of piperidine rings is 1. The Morgan fingerprint density at radius 3 is 2.96 bits per heavy atom. The fraction of sp³-hybridized carbons (Fsp3) is 0.632. The molecule has 0 radical (unpaired) electrons. The highest BCUT2D eigenvalue weighted by molar-refractivity contribution is 5.89. The van der Waals surface area contributed by atoms with Crippen LogP contribution in [0.3, 0.4) is 0 Å². The molecule has 2 unspecified atom stereocenters. The molecule has 1 aliphatic carbocycles. The van der Waals surface area contributed by atoms with Crippen LogP contribution in [0.1, 0.15) is 38.2 Å². The van der Waals surface area contributed by atoms with E-state index >= 15 is 0 Å². The first-order valence-electron chi connectivity index (χ1n) is 9.02. The summed E-state index contributed by atoms with van der Waals surface area (Å²) in [7, 11) is 0. The summed E-state index contributed by atoms with van der Waals surface area (Å²) in [4.78, 5) is 14.3. The topological polar surface area (TPSA) is 61.8 Å². The van der Waals surface area contributed by atoms with E-state index in [1.54, 1.807) is 4.90 Å². The zero-order valence-electron chi connectivity index (χ0n) is 14.4. The second kappa shape index (κ2) is 7.99. The largest absolute Gasteiger partial charge is 0.394 e. The van der Waals surface area contributed by atoms with Crippen LogP contribution < -0.4 is 5.32 Å². The summed E-state index contributed by atoms with van der Waals surface area (Å²) in [5.74, 6) is 1.08. The Bertz CT molecular complexity index is 559. The number of nitrogens with zero attached hydrogens (tertiary/aromatic N) is 1. The summed E-state index contributed by atoms with van der Waals surface area (Å²) in [6, 6.07) is 7.59. The molecule has 2 N–H and O–H groups in total. The van der Waals surface area contributed by atoms with Crippen LogP contribution in [0.5, 0.6) is 0 Å². The maximum atomic E-state index is 12.6. The number of hydrogen-bond donors (Lipinski definition) is 2. The second-order valence-electron chi connectivity index (χ2n) is 7.15. The van der Waals surface area contributed by atoms with Gasteiger partial charge in [0.1, 0.15) is 0 Å². The number of likely N-dealkylation sites (tertiary alicyclic amines) is 1. The van der Waals surface area contributed by atoms with Gasteiger partial charge in [-0.1, -0.05) is 19.1 Å². The quantitative estimate of drug-likeness (QED) is 0.841. The number of hydrogen-bond acceptors (Lipinski definition) is 3. The Morgan fingerprint density at radius 1 is 1.38 bits per heavy atom. The first-order chi connectivity index (χ1) is 11.7. The van der Waals surface area contributed by atoms with Crippen LogP contribution in [-0.2, 0) is 11.3 Å². The van der Waals surface area contributed by atoms with Gasteiger partial charge in [-0.15, -0.1) is 0 Å². The van der Waals surface area contributed by atoms with E-state index in [1.807, 2.05) is 24.3 Å². The van der Waals surface area contributed by atoms with E-state index in [0.29, 0.717) is 19.1 Å². The molecule has 2 atom stereocenters. The molecule has 0 bridgehead atoms. The molecule has 1 aromatic carbocycles. The van der Waals surface area contributed by atoms with E-state index in [4.69, 9.17) is 4.74 Å². The van der Waals surface area contributed by atoms with Crippen LogP contribution in [0.25, 0.3) is 0 Å². The summed E-state index contributed by atoms with van der Waals surface area (Å²) in [5, 5.41) is 12.6. The summed E-state index contributed by atoms with van der Waals surface area (Å²) in [5.41, 5.74) is 1.85. The fourth-order valence-electron chi connectivity index (χ4n) is 3.34. The number of ether oxygens (including phenoxy) is 1. The third-order valence-electron chi connectivity index (χ3n) is 5.06. The molecule has 2 aliphatic rings. The zero-order chi connectivity index (χ0) is 16.9. The number of amides is 2. The van der Waals surface area contributed by atoms with Crippen molar-refractivity contribution in [1.29, 1.82) is 0 Å². The molecule has 2 fully saturated rings. The lowest BCUT2D eigenvalue weighted by molar-refractivity contribution is 0.0811. The highest BCUT2D eigenvalue weighted by Gasteiger charge is 2.31. The Labute approximate surface area is 144 Å². The van der Waals surface area contributed by atoms with Gasteiger partial charge in [0.15, 0.2) is 0 Å². The standard InChI is InChI=1S/C19H28N2O3/c1-14-4-3-9-21(18(14)11-22)19(23)20-17-6-2-5-16(10-17)13-24-12-15-7-8-15/h2,5-6,10,14-15,18,22H,3-4,7-9,11-13H2,1H3,(H,20,23). The van der Waals surface area contributed by atoms with Gasteiger partial charge in [-0.05, 0) is 55.2 Å². The number of aliphatic hydroxyl groups is 1. The minimum Gasteiger partial charge on any atom is -0.394 e. The van der Waals surface area contributed by atoms with Crippen molar-refractivity contribution in [1.82, 2.24) is 4.90 Å². The molecule has 1 saturated heterocycles. The maximum absolute atomic E-state index is 12.6. The molecule has 0 spiro atoms. The lowest BCUT2D eigenvalue weighted by Crippen LogP contribution is -2.51. The normalized spacial score (nSPS) is 24.0. The minimum absolute atomic E-state index is 0.0175.